The lowest BCUT2D eigenvalue weighted by molar-refractivity contribution is 0.348. The Hall–Kier alpha value is -1.57. The fraction of sp³-hybridized carbons (Fsp3) is 0.500. The smallest absolute Gasteiger partial charge is 0.115 e. The van der Waals surface area contributed by atoms with Gasteiger partial charge < -0.3 is 5.32 Å². The molecule has 1 unspecified atom stereocenters. The Labute approximate surface area is 123 Å². The van der Waals surface area contributed by atoms with Crippen LogP contribution in [0.25, 0.3) is 5.57 Å². The minimum atomic E-state index is 0. The summed E-state index contributed by atoms with van der Waals surface area (Å²) in [4.78, 5) is 4.40. The van der Waals surface area contributed by atoms with Gasteiger partial charge in [-0.1, -0.05) is 44.0 Å². The maximum absolute atomic E-state index is 4.40. The molecule has 1 fully saturated rings. The van der Waals surface area contributed by atoms with Crippen LogP contribution in [0.4, 0.5) is 0 Å². The van der Waals surface area contributed by atoms with E-state index in [1.165, 1.54) is 42.4 Å². The van der Waals surface area contributed by atoms with Gasteiger partial charge in [-0.05, 0) is 42.7 Å². The molecular weight excluding hydrogens is 244 g/mol. The zero-order chi connectivity index (χ0) is 13.9. The van der Waals surface area contributed by atoms with Crippen LogP contribution in [-0.4, -0.2) is 12.4 Å². The van der Waals surface area contributed by atoms with Gasteiger partial charge in [0, 0.05) is 19.4 Å². The first-order valence-corrected chi connectivity index (χ1v) is 7.82. The summed E-state index contributed by atoms with van der Waals surface area (Å²) in [5, 5.41) is 3.25. The Balaban J connectivity index is 0.00000161. The maximum atomic E-state index is 4.40. The van der Waals surface area contributed by atoms with Crippen LogP contribution >= 0.6 is 0 Å². The number of allylic oxidation sites excluding steroid dienone is 1. The Bertz CT molecular complexity index is 511. The van der Waals surface area contributed by atoms with Crippen LogP contribution in [0.2, 0.25) is 0 Å². The van der Waals surface area contributed by atoms with Crippen LogP contribution in [0.3, 0.4) is 0 Å². The van der Waals surface area contributed by atoms with Crippen molar-refractivity contribution in [2.45, 2.75) is 51.6 Å². The zero-order valence-corrected chi connectivity index (χ0v) is 12.5. The number of hydrogen-bond acceptors (Lipinski definition) is 2. The lowest BCUT2D eigenvalue weighted by Crippen LogP contribution is -2.21. The van der Waals surface area contributed by atoms with Crippen molar-refractivity contribution in [1.82, 2.24) is 5.32 Å². The fourth-order valence-electron chi connectivity index (χ4n) is 3.18. The summed E-state index contributed by atoms with van der Waals surface area (Å²) in [6, 6.07) is 9.09. The highest BCUT2D eigenvalue weighted by Gasteiger charge is 2.19. The highest BCUT2D eigenvalue weighted by molar-refractivity contribution is 6.10. The van der Waals surface area contributed by atoms with Crippen molar-refractivity contribution in [3.63, 3.8) is 0 Å². The third-order valence-corrected chi connectivity index (χ3v) is 4.65. The van der Waals surface area contributed by atoms with Crippen LogP contribution in [0, 0.1) is 5.92 Å². The summed E-state index contributed by atoms with van der Waals surface area (Å²) in [6.45, 7) is 4.43. The second-order valence-corrected chi connectivity index (χ2v) is 6.30. The van der Waals surface area contributed by atoms with Crippen molar-refractivity contribution in [3.8, 4) is 0 Å². The molecule has 0 bridgehead atoms. The molecule has 0 radical (unpaired) electrons. The summed E-state index contributed by atoms with van der Waals surface area (Å²) >= 11 is 0. The number of benzene rings is 1. The molecule has 1 N–H and O–H groups in total. The topological polar surface area (TPSA) is 24.4 Å². The Morgan fingerprint density at radius 3 is 2.35 bits per heavy atom. The average molecular weight is 270 g/mol. The van der Waals surface area contributed by atoms with Gasteiger partial charge in [-0.15, -0.1) is 0 Å². The lowest BCUT2D eigenvalue weighted by Gasteiger charge is -2.26. The molecule has 2 aliphatic rings. The standard InChI is InChI=1S/C18H24N2.H2/c1-13-3-5-15(6-4-13)16-7-9-17(10-8-16)18-11-19-14(2)20-12-18;/h7-15,19H,3-6H2,1-2H3;1H. The highest BCUT2D eigenvalue weighted by Crippen LogP contribution is 2.35. The fourth-order valence-corrected chi connectivity index (χ4v) is 3.18. The van der Waals surface area contributed by atoms with Crippen LogP contribution < -0.4 is 5.32 Å². The molecule has 0 spiro atoms. The largest absolute Gasteiger partial charge is 0.369 e. The molecule has 2 nitrogen and oxygen atoms in total. The molecule has 0 saturated heterocycles. The van der Waals surface area contributed by atoms with E-state index in [4.69, 9.17) is 0 Å². The molecule has 1 heterocycles. The maximum Gasteiger partial charge on any atom is 0.115 e. The van der Waals surface area contributed by atoms with Crippen molar-refractivity contribution >= 4 is 11.8 Å². The van der Waals surface area contributed by atoms with E-state index in [2.05, 4.69) is 54.6 Å². The van der Waals surface area contributed by atoms with Crippen LogP contribution in [0.5, 0.6) is 0 Å². The Kier molecular flexibility index (Phi) is 3.90. The molecule has 1 aliphatic heterocycles. The van der Waals surface area contributed by atoms with Gasteiger partial charge in [-0.3, -0.25) is 4.99 Å². The van der Waals surface area contributed by atoms with E-state index in [9.17, 15) is 0 Å². The van der Waals surface area contributed by atoms with Crippen LogP contribution in [-0.2, 0) is 0 Å². The monoisotopic (exact) mass is 270 g/mol. The predicted octanol–water partition coefficient (Wildman–Crippen LogP) is 4.59. The summed E-state index contributed by atoms with van der Waals surface area (Å²) in [5.74, 6) is 1.69. The van der Waals surface area contributed by atoms with Gasteiger partial charge in [0.2, 0.25) is 0 Å². The Morgan fingerprint density at radius 1 is 1.05 bits per heavy atom. The molecule has 20 heavy (non-hydrogen) atoms. The van der Waals surface area contributed by atoms with Gasteiger partial charge in [-0.2, -0.15) is 0 Å². The molecule has 1 aromatic carbocycles. The highest BCUT2D eigenvalue weighted by atomic mass is 15.1. The molecule has 1 aromatic rings. The number of hydrogen-bond donors (Lipinski definition) is 1. The first kappa shape index (κ1) is 13.4. The van der Waals surface area contributed by atoms with Gasteiger partial charge in [-0.25, -0.2) is 0 Å². The first-order chi connectivity index (χ1) is 9.72. The Morgan fingerprint density at radius 2 is 1.75 bits per heavy atom. The van der Waals surface area contributed by atoms with Crippen molar-refractivity contribution in [1.29, 1.82) is 0 Å². The molecule has 0 aromatic heterocycles. The van der Waals surface area contributed by atoms with Gasteiger partial charge in [0.1, 0.15) is 6.17 Å². The van der Waals surface area contributed by atoms with E-state index < -0.39 is 0 Å². The number of aliphatic imine (C=N–C) groups is 1. The molecule has 1 saturated carbocycles. The second-order valence-electron chi connectivity index (χ2n) is 6.30. The van der Waals surface area contributed by atoms with E-state index >= 15 is 0 Å². The van der Waals surface area contributed by atoms with E-state index in [1.807, 2.05) is 6.21 Å². The second kappa shape index (κ2) is 5.82. The molecule has 1 aliphatic carbocycles. The van der Waals surface area contributed by atoms with Crippen LogP contribution in [0.15, 0.2) is 35.5 Å². The summed E-state index contributed by atoms with van der Waals surface area (Å²) < 4.78 is 0. The van der Waals surface area contributed by atoms with E-state index in [0.717, 1.165) is 11.8 Å². The van der Waals surface area contributed by atoms with Crippen LogP contribution in [0.1, 0.15) is 58.0 Å². The molecule has 2 heteroatoms. The van der Waals surface area contributed by atoms with Gasteiger partial charge in [0.25, 0.3) is 0 Å². The molecular formula is C18H26N2. The number of rotatable bonds is 2. The quantitative estimate of drug-likeness (QED) is 0.835. The molecule has 108 valence electrons. The van der Waals surface area contributed by atoms with Crippen molar-refractivity contribution in [2.24, 2.45) is 10.9 Å². The van der Waals surface area contributed by atoms with E-state index in [-0.39, 0.29) is 7.59 Å². The van der Waals surface area contributed by atoms with Gasteiger partial charge in [0.05, 0.1) is 0 Å². The normalized spacial score (nSPS) is 29.7. The van der Waals surface area contributed by atoms with E-state index in [1.54, 1.807) is 0 Å². The summed E-state index contributed by atoms with van der Waals surface area (Å²) in [5.41, 5.74) is 3.93. The van der Waals surface area contributed by atoms with Crippen molar-refractivity contribution in [2.75, 3.05) is 0 Å². The third kappa shape index (κ3) is 2.95. The minimum absolute atomic E-state index is 0. The number of nitrogens with one attached hydrogen (secondary N) is 1. The minimum Gasteiger partial charge on any atom is -0.369 e. The van der Waals surface area contributed by atoms with Crippen molar-refractivity contribution < 1.29 is 1.43 Å². The number of nitrogens with zero attached hydrogens (tertiary/aromatic N) is 1. The third-order valence-electron chi connectivity index (χ3n) is 4.65. The predicted molar refractivity (Wildman–Crippen MR) is 88.0 cm³/mol. The van der Waals surface area contributed by atoms with E-state index in [0.29, 0.717) is 0 Å². The summed E-state index contributed by atoms with van der Waals surface area (Å²) in [6.07, 6.45) is 9.70. The SMILES string of the molecule is CC1CCC(c2ccc(C3=CNC(C)N=C3)cc2)CC1.[HH]. The lowest BCUT2D eigenvalue weighted by atomic mass is 9.79. The van der Waals surface area contributed by atoms with Gasteiger partial charge >= 0.3 is 0 Å². The average Bonchev–Trinajstić information content (AvgIpc) is 2.49. The first-order valence-electron chi connectivity index (χ1n) is 7.82. The molecule has 3 rings (SSSR count). The summed E-state index contributed by atoms with van der Waals surface area (Å²) in [7, 11) is 0. The van der Waals surface area contributed by atoms with Crippen molar-refractivity contribution in [3.05, 3.63) is 41.6 Å². The van der Waals surface area contributed by atoms with Gasteiger partial charge in [0.15, 0.2) is 0 Å². The zero-order valence-electron chi connectivity index (χ0n) is 12.5. The molecule has 1 atom stereocenters. The molecule has 0 amide bonds.